The van der Waals surface area contributed by atoms with Crippen LogP contribution in [0.4, 0.5) is 0 Å². The zero-order valence-electron chi connectivity index (χ0n) is 13.9. The first-order valence-corrected chi connectivity index (χ1v) is 8.33. The molecule has 1 aromatic carbocycles. The lowest BCUT2D eigenvalue weighted by Crippen LogP contribution is -2.45. The van der Waals surface area contributed by atoms with E-state index in [4.69, 9.17) is 4.42 Å². The molecule has 4 nitrogen and oxygen atoms in total. The fourth-order valence-corrected chi connectivity index (χ4v) is 3.16. The van der Waals surface area contributed by atoms with Crippen molar-refractivity contribution in [3.05, 3.63) is 42.2 Å². The van der Waals surface area contributed by atoms with E-state index in [0.717, 1.165) is 43.4 Å². The van der Waals surface area contributed by atoms with Gasteiger partial charge in [-0.15, -0.1) is 0 Å². The van der Waals surface area contributed by atoms with Crippen LogP contribution in [0.1, 0.15) is 25.5 Å². The van der Waals surface area contributed by atoms with Crippen molar-refractivity contribution in [1.29, 1.82) is 0 Å². The molecule has 0 bridgehead atoms. The molecular formula is C19H24N2O2. The number of amides is 1. The Morgan fingerprint density at radius 2 is 2.09 bits per heavy atom. The summed E-state index contributed by atoms with van der Waals surface area (Å²) in [5, 5.41) is 1.06. The fraction of sp³-hybridized carbons (Fsp3) is 0.421. The van der Waals surface area contributed by atoms with Crippen molar-refractivity contribution in [2.45, 2.75) is 25.8 Å². The van der Waals surface area contributed by atoms with E-state index in [1.165, 1.54) is 0 Å². The van der Waals surface area contributed by atoms with Crippen LogP contribution >= 0.6 is 0 Å². The SMILES string of the molecule is CCN1CCC(N(C)C(=O)/C=C/c2cc3ccccc3o2)CC1. The summed E-state index contributed by atoms with van der Waals surface area (Å²) in [5.74, 6) is 0.758. The van der Waals surface area contributed by atoms with Gasteiger partial charge in [-0.3, -0.25) is 4.79 Å². The molecule has 0 N–H and O–H groups in total. The van der Waals surface area contributed by atoms with Crippen molar-refractivity contribution in [2.75, 3.05) is 26.7 Å². The number of carbonyl (C=O) groups is 1. The first-order valence-electron chi connectivity index (χ1n) is 8.33. The fourth-order valence-electron chi connectivity index (χ4n) is 3.16. The Morgan fingerprint density at radius 1 is 1.35 bits per heavy atom. The summed E-state index contributed by atoms with van der Waals surface area (Å²) in [6.45, 7) is 5.43. The van der Waals surface area contributed by atoms with Gasteiger partial charge in [0.15, 0.2) is 0 Å². The summed E-state index contributed by atoms with van der Waals surface area (Å²) in [6.07, 6.45) is 5.48. The van der Waals surface area contributed by atoms with Crippen molar-refractivity contribution >= 4 is 23.0 Å². The molecule has 0 radical (unpaired) electrons. The summed E-state index contributed by atoms with van der Waals surface area (Å²) < 4.78 is 5.71. The molecular weight excluding hydrogens is 288 g/mol. The van der Waals surface area contributed by atoms with Crippen LogP contribution < -0.4 is 0 Å². The Morgan fingerprint density at radius 3 is 2.78 bits per heavy atom. The highest BCUT2D eigenvalue weighted by Crippen LogP contribution is 2.20. The molecule has 1 saturated heterocycles. The Labute approximate surface area is 137 Å². The van der Waals surface area contributed by atoms with E-state index in [2.05, 4.69) is 11.8 Å². The lowest BCUT2D eigenvalue weighted by atomic mass is 10.0. The number of likely N-dealkylation sites (N-methyl/N-ethyl adjacent to an activating group) is 1. The molecule has 1 amide bonds. The number of hydrogen-bond donors (Lipinski definition) is 0. The number of likely N-dealkylation sites (tertiary alicyclic amines) is 1. The molecule has 4 heteroatoms. The highest BCUT2D eigenvalue weighted by Gasteiger charge is 2.23. The highest BCUT2D eigenvalue weighted by molar-refractivity contribution is 5.92. The van der Waals surface area contributed by atoms with Gasteiger partial charge in [0.1, 0.15) is 11.3 Å². The molecule has 0 aliphatic carbocycles. The molecule has 2 heterocycles. The minimum absolute atomic E-state index is 0.0420. The van der Waals surface area contributed by atoms with Crippen LogP contribution in [0.2, 0.25) is 0 Å². The minimum atomic E-state index is 0.0420. The molecule has 2 aromatic rings. The largest absolute Gasteiger partial charge is 0.457 e. The quantitative estimate of drug-likeness (QED) is 0.812. The van der Waals surface area contributed by atoms with E-state index in [9.17, 15) is 4.79 Å². The highest BCUT2D eigenvalue weighted by atomic mass is 16.3. The van der Waals surface area contributed by atoms with E-state index in [1.807, 2.05) is 42.3 Å². The van der Waals surface area contributed by atoms with Crippen LogP contribution in [-0.4, -0.2) is 48.4 Å². The predicted molar refractivity (Wildman–Crippen MR) is 93.2 cm³/mol. The van der Waals surface area contributed by atoms with Crippen LogP contribution in [0, 0.1) is 0 Å². The van der Waals surface area contributed by atoms with Crippen molar-refractivity contribution in [3.8, 4) is 0 Å². The molecule has 1 aliphatic heterocycles. The van der Waals surface area contributed by atoms with Gasteiger partial charge >= 0.3 is 0 Å². The third-order valence-electron chi connectivity index (χ3n) is 4.73. The lowest BCUT2D eigenvalue weighted by Gasteiger charge is -2.35. The Kier molecular flexibility index (Phi) is 4.82. The molecule has 23 heavy (non-hydrogen) atoms. The number of para-hydroxylation sites is 1. The van der Waals surface area contributed by atoms with Crippen molar-refractivity contribution in [3.63, 3.8) is 0 Å². The van der Waals surface area contributed by atoms with Gasteiger partial charge in [-0.1, -0.05) is 25.1 Å². The lowest BCUT2D eigenvalue weighted by molar-refractivity contribution is -0.127. The Balaban J connectivity index is 1.61. The van der Waals surface area contributed by atoms with Gasteiger partial charge in [-0.05, 0) is 37.6 Å². The summed E-state index contributed by atoms with van der Waals surface area (Å²) in [7, 11) is 1.90. The molecule has 0 spiro atoms. The zero-order chi connectivity index (χ0) is 16.2. The second-order valence-corrected chi connectivity index (χ2v) is 6.13. The first kappa shape index (κ1) is 15.8. The summed E-state index contributed by atoms with van der Waals surface area (Å²) in [6, 6.07) is 10.2. The third kappa shape index (κ3) is 3.64. The smallest absolute Gasteiger partial charge is 0.246 e. The number of fused-ring (bicyclic) bond motifs is 1. The Bertz CT molecular complexity index is 663. The number of rotatable bonds is 4. The molecule has 1 aliphatic rings. The van der Waals surface area contributed by atoms with Gasteiger partial charge in [-0.2, -0.15) is 0 Å². The number of benzene rings is 1. The molecule has 1 aromatic heterocycles. The maximum Gasteiger partial charge on any atom is 0.246 e. The second-order valence-electron chi connectivity index (χ2n) is 6.13. The van der Waals surface area contributed by atoms with Crippen LogP contribution in [0.5, 0.6) is 0 Å². The van der Waals surface area contributed by atoms with E-state index in [1.54, 1.807) is 12.2 Å². The normalized spacial score (nSPS) is 17.1. The van der Waals surface area contributed by atoms with Crippen LogP contribution in [0.3, 0.4) is 0 Å². The molecule has 1 fully saturated rings. The monoisotopic (exact) mass is 312 g/mol. The number of hydrogen-bond acceptors (Lipinski definition) is 3. The first-order chi connectivity index (χ1) is 11.2. The van der Waals surface area contributed by atoms with E-state index in [0.29, 0.717) is 11.8 Å². The maximum absolute atomic E-state index is 12.4. The van der Waals surface area contributed by atoms with Crippen LogP contribution in [0.15, 0.2) is 40.8 Å². The standard InChI is InChI=1S/C19H24N2O2/c1-3-21-12-10-16(11-13-21)20(2)19(22)9-8-17-14-15-6-4-5-7-18(15)23-17/h4-9,14,16H,3,10-13H2,1-2H3/b9-8+. The van der Waals surface area contributed by atoms with Crippen molar-refractivity contribution in [2.24, 2.45) is 0 Å². The average molecular weight is 312 g/mol. The maximum atomic E-state index is 12.4. The number of nitrogens with zero attached hydrogens (tertiary/aromatic N) is 2. The summed E-state index contributed by atoms with van der Waals surface area (Å²) in [4.78, 5) is 16.7. The van der Waals surface area contributed by atoms with E-state index in [-0.39, 0.29) is 5.91 Å². The molecule has 0 unspecified atom stereocenters. The predicted octanol–water partition coefficient (Wildman–Crippen LogP) is 3.39. The van der Waals surface area contributed by atoms with Gasteiger partial charge in [-0.25, -0.2) is 0 Å². The van der Waals surface area contributed by atoms with E-state index >= 15 is 0 Å². The van der Waals surface area contributed by atoms with Gasteiger partial charge in [0.25, 0.3) is 0 Å². The molecule has 0 atom stereocenters. The average Bonchev–Trinajstić information content (AvgIpc) is 3.02. The number of piperidine rings is 1. The van der Waals surface area contributed by atoms with Crippen LogP contribution in [-0.2, 0) is 4.79 Å². The van der Waals surface area contributed by atoms with Gasteiger partial charge < -0.3 is 14.2 Å². The Hall–Kier alpha value is -2.07. The number of furan rings is 1. The molecule has 0 saturated carbocycles. The summed E-state index contributed by atoms with van der Waals surface area (Å²) in [5.41, 5.74) is 0.847. The second kappa shape index (κ2) is 7.01. The number of carbonyl (C=O) groups excluding carboxylic acids is 1. The van der Waals surface area contributed by atoms with Gasteiger partial charge in [0.2, 0.25) is 5.91 Å². The van der Waals surface area contributed by atoms with Gasteiger partial charge in [0, 0.05) is 37.6 Å². The van der Waals surface area contributed by atoms with Crippen LogP contribution in [0.25, 0.3) is 17.0 Å². The third-order valence-corrected chi connectivity index (χ3v) is 4.73. The topological polar surface area (TPSA) is 36.7 Å². The molecule has 122 valence electrons. The molecule has 3 rings (SSSR count). The van der Waals surface area contributed by atoms with E-state index < -0.39 is 0 Å². The van der Waals surface area contributed by atoms with Crippen molar-refractivity contribution < 1.29 is 9.21 Å². The van der Waals surface area contributed by atoms with Gasteiger partial charge in [0.05, 0.1) is 0 Å². The summed E-state index contributed by atoms with van der Waals surface area (Å²) >= 11 is 0. The minimum Gasteiger partial charge on any atom is -0.457 e. The van der Waals surface area contributed by atoms with Crippen molar-refractivity contribution in [1.82, 2.24) is 9.80 Å². The zero-order valence-corrected chi connectivity index (χ0v) is 13.9.